The molecule has 9 nitrogen and oxygen atoms in total. The maximum atomic E-state index is 13.5. The highest BCUT2D eigenvalue weighted by Crippen LogP contribution is 2.44. The van der Waals surface area contributed by atoms with Crippen LogP contribution in [0.2, 0.25) is 0 Å². The first kappa shape index (κ1) is 24.7. The van der Waals surface area contributed by atoms with Gasteiger partial charge >= 0.3 is 5.97 Å². The van der Waals surface area contributed by atoms with Gasteiger partial charge in [0, 0.05) is 45.2 Å². The van der Waals surface area contributed by atoms with Crippen molar-refractivity contribution in [3.8, 4) is 0 Å². The van der Waals surface area contributed by atoms with Crippen molar-refractivity contribution in [2.45, 2.75) is 32.7 Å². The Labute approximate surface area is 190 Å². The maximum absolute atomic E-state index is 13.5. The number of fused-ring (bicyclic) bond motifs is 1. The highest BCUT2D eigenvalue weighted by atomic mass is 16.5. The first-order valence-corrected chi connectivity index (χ1v) is 11.8. The number of esters is 1. The quantitative estimate of drug-likeness (QED) is 0.274. The number of allylic oxidation sites excluding steroid dienone is 1. The first-order valence-electron chi connectivity index (χ1n) is 11.8. The molecule has 0 aromatic heterocycles. The SMILES string of the molecule is CCOC(=O)[C@H]1[C@H]2C(=O)N(CCCCO)[C@H](C(=O)NCCN3CCOCC3)[C@H]2C=C[C@H]1C. The molecule has 0 bridgehead atoms. The number of unbranched alkanes of at least 4 members (excludes halogenated alkanes) is 1. The van der Waals surface area contributed by atoms with Crippen molar-refractivity contribution in [3.05, 3.63) is 12.2 Å². The van der Waals surface area contributed by atoms with E-state index in [9.17, 15) is 14.4 Å². The van der Waals surface area contributed by atoms with Gasteiger partial charge in [0.1, 0.15) is 6.04 Å². The van der Waals surface area contributed by atoms with Gasteiger partial charge in [-0.05, 0) is 25.7 Å². The van der Waals surface area contributed by atoms with Gasteiger partial charge in [0.25, 0.3) is 0 Å². The lowest BCUT2D eigenvalue weighted by atomic mass is 9.70. The minimum Gasteiger partial charge on any atom is -0.466 e. The van der Waals surface area contributed by atoms with E-state index in [1.54, 1.807) is 11.8 Å². The Bertz CT molecular complexity index is 693. The van der Waals surface area contributed by atoms with Gasteiger partial charge in [0.2, 0.25) is 11.8 Å². The van der Waals surface area contributed by atoms with E-state index in [1.807, 2.05) is 19.1 Å². The Balaban J connectivity index is 1.74. The molecule has 0 spiro atoms. The van der Waals surface area contributed by atoms with Crippen molar-refractivity contribution in [3.63, 3.8) is 0 Å². The summed E-state index contributed by atoms with van der Waals surface area (Å²) in [6.45, 7) is 8.64. The molecule has 3 aliphatic rings. The monoisotopic (exact) mass is 451 g/mol. The standard InChI is InChI=1S/C23H37N3O6/c1-3-32-23(30)18-16(2)6-7-17-19(18)22(29)26(9-4-5-13-27)20(17)21(28)24-8-10-25-11-14-31-15-12-25/h6-7,16-20,27H,3-5,8-15H2,1-2H3,(H,24,28)/t16-,17+,18-,19+,20+/m1/s1. The molecular formula is C23H37N3O6. The van der Waals surface area contributed by atoms with Gasteiger partial charge in [-0.25, -0.2) is 0 Å². The number of carbonyl (C=O) groups is 3. The minimum atomic E-state index is -0.656. The van der Waals surface area contributed by atoms with Crippen LogP contribution in [0.4, 0.5) is 0 Å². The van der Waals surface area contributed by atoms with Gasteiger partial charge in [-0.3, -0.25) is 19.3 Å². The number of rotatable bonds is 10. The molecule has 1 aliphatic carbocycles. The maximum Gasteiger partial charge on any atom is 0.310 e. The fourth-order valence-corrected chi connectivity index (χ4v) is 5.09. The molecular weight excluding hydrogens is 414 g/mol. The summed E-state index contributed by atoms with van der Waals surface area (Å²) >= 11 is 0. The van der Waals surface area contributed by atoms with Crippen LogP contribution in [0.15, 0.2) is 12.2 Å². The van der Waals surface area contributed by atoms with Gasteiger partial charge in [-0.15, -0.1) is 0 Å². The van der Waals surface area contributed by atoms with Gasteiger partial charge in [0.15, 0.2) is 0 Å². The average molecular weight is 452 g/mol. The van der Waals surface area contributed by atoms with Gasteiger partial charge < -0.3 is 24.8 Å². The van der Waals surface area contributed by atoms with Crippen LogP contribution in [0, 0.1) is 23.7 Å². The Kier molecular flexibility index (Phi) is 9.07. The lowest BCUT2D eigenvalue weighted by Crippen LogP contribution is -2.49. The predicted octanol–water partition coefficient (Wildman–Crippen LogP) is 0.0357. The Morgan fingerprint density at radius 3 is 2.66 bits per heavy atom. The van der Waals surface area contributed by atoms with Crippen LogP contribution in [-0.2, 0) is 23.9 Å². The summed E-state index contributed by atoms with van der Waals surface area (Å²) in [5.41, 5.74) is 0. The second-order valence-electron chi connectivity index (χ2n) is 8.78. The highest BCUT2D eigenvalue weighted by Gasteiger charge is 2.56. The molecule has 0 unspecified atom stereocenters. The molecule has 0 aromatic carbocycles. The van der Waals surface area contributed by atoms with E-state index in [4.69, 9.17) is 14.6 Å². The highest BCUT2D eigenvalue weighted by molar-refractivity contribution is 5.96. The van der Waals surface area contributed by atoms with Crippen molar-refractivity contribution < 1.29 is 29.0 Å². The number of likely N-dealkylation sites (tertiary alicyclic amines) is 1. The molecule has 2 saturated heterocycles. The molecule has 2 fully saturated rings. The van der Waals surface area contributed by atoms with Crippen molar-refractivity contribution in [1.29, 1.82) is 0 Å². The second-order valence-corrected chi connectivity index (χ2v) is 8.78. The van der Waals surface area contributed by atoms with Crippen LogP contribution < -0.4 is 5.32 Å². The summed E-state index contributed by atoms with van der Waals surface area (Å²) in [4.78, 5) is 43.3. The van der Waals surface area contributed by atoms with Crippen molar-refractivity contribution in [2.75, 3.05) is 59.2 Å². The average Bonchev–Trinajstić information content (AvgIpc) is 3.06. The number of nitrogens with zero attached hydrogens (tertiary/aromatic N) is 2. The number of nitrogens with one attached hydrogen (secondary N) is 1. The summed E-state index contributed by atoms with van der Waals surface area (Å²) in [5.74, 6) is -2.44. The summed E-state index contributed by atoms with van der Waals surface area (Å²) in [5, 5.41) is 12.2. The largest absolute Gasteiger partial charge is 0.466 e. The van der Waals surface area contributed by atoms with Crippen molar-refractivity contribution in [2.24, 2.45) is 23.7 Å². The molecule has 2 heterocycles. The number of amides is 2. The number of carbonyl (C=O) groups excluding carboxylic acids is 3. The van der Waals surface area contributed by atoms with Crippen LogP contribution in [0.25, 0.3) is 0 Å². The van der Waals surface area contributed by atoms with E-state index < -0.39 is 17.9 Å². The molecule has 0 aromatic rings. The van der Waals surface area contributed by atoms with E-state index in [1.165, 1.54) is 0 Å². The predicted molar refractivity (Wildman–Crippen MR) is 117 cm³/mol. The lowest BCUT2D eigenvalue weighted by molar-refractivity contribution is -0.155. The molecule has 180 valence electrons. The molecule has 0 saturated carbocycles. The molecule has 2 aliphatic heterocycles. The number of hydrogen-bond donors (Lipinski definition) is 2. The Morgan fingerprint density at radius 2 is 1.97 bits per heavy atom. The zero-order valence-corrected chi connectivity index (χ0v) is 19.2. The number of hydrogen-bond acceptors (Lipinski definition) is 7. The Morgan fingerprint density at radius 1 is 1.22 bits per heavy atom. The van der Waals surface area contributed by atoms with Crippen LogP contribution in [0.1, 0.15) is 26.7 Å². The first-order chi connectivity index (χ1) is 15.5. The second kappa shape index (κ2) is 11.8. The smallest absolute Gasteiger partial charge is 0.310 e. The van der Waals surface area contributed by atoms with E-state index in [-0.39, 0.29) is 42.8 Å². The number of aliphatic hydroxyl groups is 1. The summed E-state index contributed by atoms with van der Waals surface area (Å²) < 4.78 is 10.6. The van der Waals surface area contributed by atoms with Crippen molar-refractivity contribution in [1.82, 2.24) is 15.1 Å². The lowest BCUT2D eigenvalue weighted by Gasteiger charge is -2.32. The minimum absolute atomic E-state index is 0.0354. The summed E-state index contributed by atoms with van der Waals surface area (Å²) in [7, 11) is 0. The normalized spacial score (nSPS) is 30.3. The zero-order valence-electron chi connectivity index (χ0n) is 19.2. The molecule has 0 radical (unpaired) electrons. The third-order valence-electron chi connectivity index (χ3n) is 6.74. The fourth-order valence-electron chi connectivity index (χ4n) is 5.09. The summed E-state index contributed by atoms with van der Waals surface area (Å²) in [6, 6.07) is -0.656. The van der Waals surface area contributed by atoms with Crippen LogP contribution in [0.5, 0.6) is 0 Å². The zero-order chi connectivity index (χ0) is 23.1. The van der Waals surface area contributed by atoms with Gasteiger partial charge in [-0.1, -0.05) is 19.1 Å². The molecule has 32 heavy (non-hydrogen) atoms. The van der Waals surface area contributed by atoms with Gasteiger partial charge in [0.05, 0.1) is 31.7 Å². The number of aliphatic hydroxyl groups excluding tert-OH is 1. The number of ether oxygens (including phenoxy) is 2. The number of morpholine rings is 1. The van der Waals surface area contributed by atoms with Crippen molar-refractivity contribution >= 4 is 17.8 Å². The van der Waals surface area contributed by atoms with Crippen LogP contribution in [0.3, 0.4) is 0 Å². The third kappa shape index (κ3) is 5.50. The van der Waals surface area contributed by atoms with E-state index in [2.05, 4.69) is 10.2 Å². The fraction of sp³-hybridized carbons (Fsp3) is 0.783. The van der Waals surface area contributed by atoms with E-state index in [0.29, 0.717) is 39.1 Å². The molecule has 2 N–H and O–H groups in total. The van der Waals surface area contributed by atoms with Gasteiger partial charge in [-0.2, -0.15) is 0 Å². The molecule has 9 heteroatoms. The van der Waals surface area contributed by atoms with E-state index in [0.717, 1.165) is 19.6 Å². The topological polar surface area (TPSA) is 108 Å². The van der Waals surface area contributed by atoms with Crippen LogP contribution >= 0.6 is 0 Å². The molecule has 3 rings (SSSR count). The van der Waals surface area contributed by atoms with E-state index >= 15 is 0 Å². The molecule has 5 atom stereocenters. The van der Waals surface area contributed by atoms with Crippen LogP contribution in [-0.4, -0.2) is 97.9 Å². The summed E-state index contributed by atoms with van der Waals surface area (Å²) in [6.07, 6.45) is 5.02. The third-order valence-corrected chi connectivity index (χ3v) is 6.74. The molecule has 2 amide bonds. The Hall–Kier alpha value is -1.97.